The van der Waals surface area contributed by atoms with Gasteiger partial charge in [-0.05, 0) is 59.5 Å². The smallest absolute Gasteiger partial charge is 0.191 e. The summed E-state index contributed by atoms with van der Waals surface area (Å²) >= 11 is 3.65. The molecule has 3 N–H and O–H groups in total. The van der Waals surface area contributed by atoms with Gasteiger partial charge in [-0.25, -0.2) is 4.98 Å². The summed E-state index contributed by atoms with van der Waals surface area (Å²) in [5.74, 6) is 1.82. The first-order valence-corrected chi connectivity index (χ1v) is 10.7. The molecule has 0 radical (unpaired) electrons. The van der Waals surface area contributed by atoms with Gasteiger partial charge in [0.1, 0.15) is 5.82 Å². The number of hydrogen-bond donors (Lipinski definition) is 3. The number of aromatic nitrogens is 1. The fourth-order valence-electron chi connectivity index (χ4n) is 3.33. The largest absolute Gasteiger partial charge is 0.370 e. The van der Waals surface area contributed by atoms with E-state index in [-0.39, 0.29) is 0 Å². The average Bonchev–Trinajstić information content (AvgIpc) is 3.19. The van der Waals surface area contributed by atoms with Gasteiger partial charge in [0.25, 0.3) is 0 Å². The Balaban J connectivity index is 1.33. The normalized spacial score (nSPS) is 16.9. The van der Waals surface area contributed by atoms with Crippen LogP contribution in [0.4, 0.5) is 11.5 Å². The molecule has 7 heteroatoms. The zero-order valence-corrected chi connectivity index (χ0v) is 18.0. The first-order valence-electron chi connectivity index (χ1n) is 9.88. The molecule has 1 saturated heterocycles. The predicted molar refractivity (Wildman–Crippen MR) is 121 cm³/mol. The second-order valence-corrected chi connectivity index (χ2v) is 7.73. The van der Waals surface area contributed by atoms with Crippen LogP contribution in [0.5, 0.6) is 0 Å². The molecule has 6 nitrogen and oxygen atoms in total. The van der Waals surface area contributed by atoms with Crippen LogP contribution < -0.4 is 20.9 Å². The maximum atomic E-state index is 4.37. The minimum absolute atomic E-state index is 0.407. The highest BCUT2D eigenvalue weighted by molar-refractivity contribution is 9.10. The van der Waals surface area contributed by atoms with E-state index in [1.807, 2.05) is 25.2 Å². The van der Waals surface area contributed by atoms with Crippen LogP contribution in [0, 0.1) is 0 Å². The van der Waals surface area contributed by atoms with Crippen LogP contribution in [-0.4, -0.2) is 50.2 Å². The molecule has 0 bridgehead atoms. The number of aliphatic imine (C=N–C) groups is 1. The van der Waals surface area contributed by atoms with E-state index in [1.54, 1.807) is 6.20 Å². The molecule has 150 valence electrons. The summed E-state index contributed by atoms with van der Waals surface area (Å²) in [6, 6.07) is 14.7. The van der Waals surface area contributed by atoms with Crippen LogP contribution in [0.15, 0.2) is 58.1 Å². The van der Waals surface area contributed by atoms with Crippen LogP contribution in [-0.2, 0) is 0 Å². The highest BCUT2D eigenvalue weighted by Crippen LogP contribution is 2.28. The van der Waals surface area contributed by atoms with Crippen molar-refractivity contribution in [2.45, 2.75) is 25.3 Å². The second kappa shape index (κ2) is 10.9. The summed E-state index contributed by atoms with van der Waals surface area (Å²) < 4.78 is 1.15. The predicted octanol–water partition coefficient (Wildman–Crippen LogP) is 3.48. The minimum Gasteiger partial charge on any atom is -0.370 e. The first kappa shape index (κ1) is 20.5. The molecule has 0 spiro atoms. The van der Waals surface area contributed by atoms with Gasteiger partial charge in [-0.1, -0.05) is 18.2 Å². The summed E-state index contributed by atoms with van der Waals surface area (Å²) in [5, 5.41) is 10.3. The Morgan fingerprint density at radius 1 is 1.18 bits per heavy atom. The zero-order chi connectivity index (χ0) is 19.6. The standard InChI is InChI=1S/C21H29BrN6/c1-23-21(26-14-7-6-13-25-20-10-4-5-12-24-20)27-17-11-15-28(16-17)19-9-3-2-8-18(19)22/h2-5,8-10,12,17H,6-7,11,13-16H2,1H3,(H,24,25)(H2,23,26,27). The Morgan fingerprint density at radius 3 is 2.79 bits per heavy atom. The number of guanidine groups is 1. The SMILES string of the molecule is CN=C(NCCCCNc1ccccn1)NC1CCN(c2ccccc2Br)C1. The molecule has 1 atom stereocenters. The summed E-state index contributed by atoms with van der Waals surface area (Å²) in [4.78, 5) is 11.1. The van der Waals surface area contributed by atoms with Gasteiger partial charge in [0.2, 0.25) is 0 Å². The molecule has 1 aliphatic heterocycles. The molecular weight excluding hydrogens is 416 g/mol. The lowest BCUT2D eigenvalue weighted by Crippen LogP contribution is -2.44. The first-order chi connectivity index (χ1) is 13.8. The fourth-order valence-corrected chi connectivity index (χ4v) is 3.87. The fraction of sp³-hybridized carbons (Fsp3) is 0.429. The van der Waals surface area contributed by atoms with Crippen molar-refractivity contribution in [3.63, 3.8) is 0 Å². The molecule has 3 rings (SSSR count). The van der Waals surface area contributed by atoms with Gasteiger partial charge in [0.05, 0.1) is 5.69 Å². The van der Waals surface area contributed by atoms with Gasteiger partial charge in [-0.3, -0.25) is 4.99 Å². The van der Waals surface area contributed by atoms with Crippen LogP contribution >= 0.6 is 15.9 Å². The number of nitrogens with one attached hydrogen (secondary N) is 3. The minimum atomic E-state index is 0.407. The van der Waals surface area contributed by atoms with E-state index in [9.17, 15) is 0 Å². The van der Waals surface area contributed by atoms with Gasteiger partial charge in [0.15, 0.2) is 5.96 Å². The van der Waals surface area contributed by atoms with Crippen molar-refractivity contribution in [3.05, 3.63) is 53.1 Å². The second-order valence-electron chi connectivity index (χ2n) is 6.88. The van der Waals surface area contributed by atoms with Crippen molar-refractivity contribution in [1.29, 1.82) is 0 Å². The van der Waals surface area contributed by atoms with Crippen molar-refractivity contribution in [2.24, 2.45) is 4.99 Å². The van der Waals surface area contributed by atoms with Gasteiger partial charge in [0, 0.05) is 49.9 Å². The highest BCUT2D eigenvalue weighted by atomic mass is 79.9. The van der Waals surface area contributed by atoms with Crippen molar-refractivity contribution in [2.75, 3.05) is 43.4 Å². The van der Waals surface area contributed by atoms with Gasteiger partial charge >= 0.3 is 0 Å². The number of nitrogens with zero attached hydrogens (tertiary/aromatic N) is 3. The molecule has 2 aromatic rings. The lowest BCUT2D eigenvalue weighted by atomic mass is 10.2. The Kier molecular flexibility index (Phi) is 7.96. The molecular formula is C21H29BrN6. The van der Waals surface area contributed by atoms with Crippen molar-refractivity contribution < 1.29 is 0 Å². The topological polar surface area (TPSA) is 64.6 Å². The van der Waals surface area contributed by atoms with E-state index in [0.29, 0.717) is 6.04 Å². The van der Waals surface area contributed by atoms with Crippen LogP contribution in [0.2, 0.25) is 0 Å². The number of anilines is 2. The number of halogens is 1. The zero-order valence-electron chi connectivity index (χ0n) is 16.4. The molecule has 0 aliphatic carbocycles. The van der Waals surface area contributed by atoms with Crippen molar-refractivity contribution >= 4 is 33.4 Å². The van der Waals surface area contributed by atoms with Crippen molar-refractivity contribution in [3.8, 4) is 0 Å². The average molecular weight is 445 g/mol. The lowest BCUT2D eigenvalue weighted by molar-refractivity contribution is 0.639. The van der Waals surface area contributed by atoms with E-state index in [0.717, 1.165) is 61.7 Å². The Hall–Kier alpha value is -2.28. The van der Waals surface area contributed by atoms with Crippen LogP contribution in [0.25, 0.3) is 0 Å². The molecule has 2 heterocycles. The molecule has 1 aromatic carbocycles. The summed E-state index contributed by atoms with van der Waals surface area (Å²) in [5.41, 5.74) is 1.26. The van der Waals surface area contributed by atoms with Crippen LogP contribution in [0.3, 0.4) is 0 Å². The lowest BCUT2D eigenvalue weighted by Gasteiger charge is -2.21. The van der Waals surface area contributed by atoms with E-state index in [4.69, 9.17) is 0 Å². The Morgan fingerprint density at radius 2 is 2.00 bits per heavy atom. The maximum absolute atomic E-state index is 4.37. The number of benzene rings is 1. The van der Waals surface area contributed by atoms with Gasteiger partial charge in [-0.15, -0.1) is 0 Å². The third kappa shape index (κ3) is 6.12. The summed E-state index contributed by atoms with van der Waals surface area (Å²) in [6.07, 6.45) is 5.07. The third-order valence-electron chi connectivity index (χ3n) is 4.81. The molecule has 1 aromatic heterocycles. The number of pyridine rings is 1. The molecule has 1 unspecified atom stereocenters. The molecule has 0 saturated carbocycles. The number of rotatable bonds is 8. The number of para-hydroxylation sites is 1. The van der Waals surface area contributed by atoms with E-state index in [2.05, 4.69) is 71.0 Å². The summed E-state index contributed by atoms with van der Waals surface area (Å²) in [6.45, 7) is 3.87. The molecule has 0 amide bonds. The highest BCUT2D eigenvalue weighted by Gasteiger charge is 2.24. The number of hydrogen-bond acceptors (Lipinski definition) is 4. The third-order valence-corrected chi connectivity index (χ3v) is 5.48. The van der Waals surface area contributed by atoms with Crippen molar-refractivity contribution in [1.82, 2.24) is 15.6 Å². The summed E-state index contributed by atoms with van der Waals surface area (Å²) in [7, 11) is 1.83. The molecule has 1 fully saturated rings. The molecule has 28 heavy (non-hydrogen) atoms. The Bertz CT molecular complexity index is 752. The van der Waals surface area contributed by atoms with E-state index < -0.39 is 0 Å². The number of unbranched alkanes of at least 4 members (excludes halogenated alkanes) is 1. The van der Waals surface area contributed by atoms with E-state index in [1.165, 1.54) is 5.69 Å². The quantitative estimate of drug-likeness (QED) is 0.330. The van der Waals surface area contributed by atoms with Crippen LogP contribution in [0.1, 0.15) is 19.3 Å². The Labute approximate surface area is 176 Å². The van der Waals surface area contributed by atoms with Gasteiger partial charge < -0.3 is 20.9 Å². The van der Waals surface area contributed by atoms with Gasteiger partial charge in [-0.2, -0.15) is 0 Å². The monoisotopic (exact) mass is 444 g/mol. The maximum Gasteiger partial charge on any atom is 0.191 e. The van der Waals surface area contributed by atoms with E-state index >= 15 is 0 Å². The molecule has 1 aliphatic rings.